The van der Waals surface area contributed by atoms with Gasteiger partial charge in [0.15, 0.2) is 0 Å². The molecule has 3 N–H and O–H groups in total. The van der Waals surface area contributed by atoms with Crippen LogP contribution >= 0.6 is 0 Å². The molecule has 0 spiro atoms. The van der Waals surface area contributed by atoms with E-state index < -0.39 is 11.6 Å². The Morgan fingerprint density at radius 1 is 1.44 bits per heavy atom. The highest BCUT2D eigenvalue weighted by Gasteiger charge is 2.08. The largest absolute Gasteiger partial charge is 0.356 e. The molecule has 5 heteroatoms. The van der Waals surface area contributed by atoms with E-state index in [1.807, 2.05) is 6.92 Å². The van der Waals surface area contributed by atoms with Crippen molar-refractivity contribution >= 4 is 5.91 Å². The van der Waals surface area contributed by atoms with Crippen LogP contribution < -0.4 is 11.1 Å². The fraction of sp³-hybridized carbons (Fsp3) is 0.462. The predicted octanol–water partition coefficient (Wildman–Crippen LogP) is 1.61. The van der Waals surface area contributed by atoms with Crippen molar-refractivity contribution in [1.29, 1.82) is 0 Å². The Morgan fingerprint density at radius 3 is 2.83 bits per heavy atom. The van der Waals surface area contributed by atoms with E-state index in [9.17, 15) is 13.6 Å². The molecule has 0 aliphatic carbocycles. The number of nitrogens with one attached hydrogen (secondary N) is 1. The normalized spacial score (nSPS) is 12.2. The third-order valence-corrected chi connectivity index (χ3v) is 2.68. The maximum absolute atomic E-state index is 13.3. The molecule has 0 aliphatic heterocycles. The highest BCUT2D eigenvalue weighted by molar-refractivity contribution is 5.76. The number of halogens is 2. The Balaban J connectivity index is 2.40. The van der Waals surface area contributed by atoms with Gasteiger partial charge in [-0.05, 0) is 42.6 Å². The maximum atomic E-state index is 13.3. The molecule has 0 bridgehead atoms. The zero-order valence-corrected chi connectivity index (χ0v) is 10.4. The standard InChI is InChI=1S/C13H18F2N2O/c1-9(7-16)8-17-13(18)5-2-10-6-11(14)3-4-12(10)15/h3-4,6,9H,2,5,7-8,16H2,1H3,(H,17,18). The van der Waals surface area contributed by atoms with Crippen LogP contribution in [0.2, 0.25) is 0 Å². The molecule has 1 aromatic carbocycles. The summed E-state index contributed by atoms with van der Waals surface area (Å²) in [6.07, 6.45) is 0.324. The predicted molar refractivity (Wildman–Crippen MR) is 65.9 cm³/mol. The first-order valence-electron chi connectivity index (χ1n) is 5.93. The summed E-state index contributed by atoms with van der Waals surface area (Å²) in [7, 11) is 0. The van der Waals surface area contributed by atoms with Gasteiger partial charge in [0.25, 0.3) is 0 Å². The zero-order valence-electron chi connectivity index (χ0n) is 10.4. The molecule has 1 amide bonds. The second-order valence-electron chi connectivity index (χ2n) is 4.38. The Labute approximate surface area is 105 Å². The summed E-state index contributed by atoms with van der Waals surface area (Å²) in [4.78, 5) is 11.5. The molecular weight excluding hydrogens is 238 g/mol. The second-order valence-corrected chi connectivity index (χ2v) is 4.38. The highest BCUT2D eigenvalue weighted by atomic mass is 19.1. The Hall–Kier alpha value is -1.49. The van der Waals surface area contributed by atoms with Gasteiger partial charge in [0.05, 0.1) is 0 Å². The van der Waals surface area contributed by atoms with E-state index in [1.165, 1.54) is 0 Å². The molecule has 0 radical (unpaired) electrons. The fourth-order valence-electron chi connectivity index (χ4n) is 1.44. The number of hydrogen-bond donors (Lipinski definition) is 2. The van der Waals surface area contributed by atoms with Crippen LogP contribution in [0.25, 0.3) is 0 Å². The summed E-state index contributed by atoms with van der Waals surface area (Å²) in [5, 5.41) is 2.70. The molecule has 18 heavy (non-hydrogen) atoms. The summed E-state index contributed by atoms with van der Waals surface area (Å²) in [5.41, 5.74) is 5.64. The molecule has 100 valence electrons. The van der Waals surface area contributed by atoms with E-state index in [0.717, 1.165) is 18.2 Å². The molecule has 0 fully saturated rings. The Bertz CT molecular complexity index is 410. The summed E-state index contributed by atoms with van der Waals surface area (Å²) < 4.78 is 26.2. The minimum absolute atomic E-state index is 0.137. The smallest absolute Gasteiger partial charge is 0.220 e. The van der Waals surface area contributed by atoms with E-state index in [-0.39, 0.29) is 30.2 Å². The minimum Gasteiger partial charge on any atom is -0.356 e. The van der Waals surface area contributed by atoms with E-state index in [2.05, 4.69) is 5.32 Å². The quantitative estimate of drug-likeness (QED) is 0.812. The summed E-state index contributed by atoms with van der Waals surface area (Å²) in [6.45, 7) is 2.92. The van der Waals surface area contributed by atoms with Crippen molar-refractivity contribution in [1.82, 2.24) is 5.32 Å². The van der Waals surface area contributed by atoms with Gasteiger partial charge in [-0.25, -0.2) is 8.78 Å². The number of amides is 1. The van der Waals surface area contributed by atoms with Gasteiger partial charge in [-0.15, -0.1) is 0 Å². The van der Waals surface area contributed by atoms with Crippen LogP contribution in [0.15, 0.2) is 18.2 Å². The lowest BCUT2D eigenvalue weighted by Gasteiger charge is -2.10. The van der Waals surface area contributed by atoms with Gasteiger partial charge in [0.1, 0.15) is 11.6 Å². The van der Waals surface area contributed by atoms with Crippen LogP contribution in [0.3, 0.4) is 0 Å². The molecule has 0 aromatic heterocycles. The number of benzene rings is 1. The average Bonchev–Trinajstić information content (AvgIpc) is 2.36. The first kappa shape index (κ1) is 14.6. The molecule has 0 saturated carbocycles. The lowest BCUT2D eigenvalue weighted by molar-refractivity contribution is -0.121. The molecule has 1 rings (SSSR count). The summed E-state index contributed by atoms with van der Waals surface area (Å²) in [6, 6.07) is 3.24. The number of nitrogens with two attached hydrogens (primary N) is 1. The van der Waals surface area contributed by atoms with Gasteiger partial charge in [0.2, 0.25) is 5.91 Å². The lowest BCUT2D eigenvalue weighted by atomic mass is 10.1. The first-order valence-corrected chi connectivity index (χ1v) is 5.93. The van der Waals surface area contributed by atoms with Gasteiger partial charge in [-0.2, -0.15) is 0 Å². The van der Waals surface area contributed by atoms with Crippen LogP contribution in [-0.2, 0) is 11.2 Å². The van der Waals surface area contributed by atoms with Gasteiger partial charge < -0.3 is 11.1 Å². The van der Waals surface area contributed by atoms with E-state index in [4.69, 9.17) is 5.73 Å². The van der Waals surface area contributed by atoms with Crippen LogP contribution in [0.4, 0.5) is 8.78 Å². The number of rotatable bonds is 6. The van der Waals surface area contributed by atoms with Crippen molar-refractivity contribution in [2.45, 2.75) is 19.8 Å². The topological polar surface area (TPSA) is 55.1 Å². The van der Waals surface area contributed by atoms with E-state index >= 15 is 0 Å². The summed E-state index contributed by atoms with van der Waals surface area (Å²) in [5.74, 6) is -0.957. The van der Waals surface area contributed by atoms with Gasteiger partial charge >= 0.3 is 0 Å². The average molecular weight is 256 g/mol. The van der Waals surface area contributed by atoms with E-state index in [0.29, 0.717) is 13.1 Å². The zero-order chi connectivity index (χ0) is 13.5. The number of carbonyl (C=O) groups excluding carboxylic acids is 1. The van der Waals surface area contributed by atoms with Crippen LogP contribution in [0.5, 0.6) is 0 Å². The molecule has 1 aromatic rings. The molecule has 1 unspecified atom stereocenters. The van der Waals surface area contributed by atoms with Crippen molar-refractivity contribution in [3.05, 3.63) is 35.4 Å². The highest BCUT2D eigenvalue weighted by Crippen LogP contribution is 2.11. The second kappa shape index (κ2) is 7.06. The van der Waals surface area contributed by atoms with Gasteiger partial charge in [-0.1, -0.05) is 6.92 Å². The monoisotopic (exact) mass is 256 g/mol. The van der Waals surface area contributed by atoms with Crippen LogP contribution in [-0.4, -0.2) is 19.0 Å². The van der Waals surface area contributed by atoms with Crippen molar-refractivity contribution in [3.63, 3.8) is 0 Å². The van der Waals surface area contributed by atoms with Crippen molar-refractivity contribution in [3.8, 4) is 0 Å². The number of hydrogen-bond acceptors (Lipinski definition) is 2. The third kappa shape index (κ3) is 4.79. The molecule has 0 aliphatic rings. The minimum atomic E-state index is -0.497. The van der Waals surface area contributed by atoms with Gasteiger partial charge in [-0.3, -0.25) is 4.79 Å². The molecule has 0 heterocycles. The van der Waals surface area contributed by atoms with Gasteiger partial charge in [0, 0.05) is 13.0 Å². The molecule has 0 saturated heterocycles. The van der Waals surface area contributed by atoms with Crippen molar-refractivity contribution in [2.24, 2.45) is 11.7 Å². The summed E-state index contributed by atoms with van der Waals surface area (Å²) >= 11 is 0. The number of carbonyl (C=O) groups is 1. The maximum Gasteiger partial charge on any atom is 0.220 e. The molecule has 1 atom stereocenters. The lowest BCUT2D eigenvalue weighted by Crippen LogP contribution is -2.31. The molecular formula is C13H18F2N2O. The Kier molecular flexibility index (Phi) is 5.71. The third-order valence-electron chi connectivity index (χ3n) is 2.68. The van der Waals surface area contributed by atoms with Crippen LogP contribution in [0, 0.1) is 17.6 Å². The van der Waals surface area contributed by atoms with Crippen molar-refractivity contribution in [2.75, 3.05) is 13.1 Å². The first-order chi connectivity index (χ1) is 8.52. The van der Waals surface area contributed by atoms with Crippen LogP contribution in [0.1, 0.15) is 18.9 Å². The SMILES string of the molecule is CC(CN)CNC(=O)CCc1cc(F)ccc1F. The van der Waals surface area contributed by atoms with Crippen molar-refractivity contribution < 1.29 is 13.6 Å². The fourth-order valence-corrected chi connectivity index (χ4v) is 1.44. The number of aryl methyl sites for hydroxylation is 1. The molecule has 3 nitrogen and oxygen atoms in total. The Morgan fingerprint density at radius 2 is 2.17 bits per heavy atom. The van der Waals surface area contributed by atoms with E-state index in [1.54, 1.807) is 0 Å².